The molecule has 5 nitrogen and oxygen atoms in total. The van der Waals surface area contributed by atoms with Gasteiger partial charge in [-0.3, -0.25) is 9.59 Å². The number of benzene rings is 2. The Labute approximate surface area is 358 Å². The minimum Gasteiger partial charge on any atom is -0.396 e. The van der Waals surface area contributed by atoms with Crippen molar-refractivity contribution in [3.63, 3.8) is 0 Å². The smallest absolute Gasteiger partial charge is 0.225 e. The number of carbonyl (C=O) groups excluding carboxylic acids is 2. The number of hydrogen-bond donors (Lipinski definition) is 3. The second-order valence-corrected chi connectivity index (χ2v) is 21.8. The molecule has 0 bridgehead atoms. The number of primary amides is 1. The molecule has 2 aromatic carbocycles. The molecule has 0 aliphatic carbocycles. The van der Waals surface area contributed by atoms with Crippen LogP contribution < -0.4 is 11.1 Å². The number of nitrogens with two attached hydrogens (primary N) is 1. The number of aliphatic hydroxyl groups is 1. The van der Waals surface area contributed by atoms with Crippen molar-refractivity contribution in [3.05, 3.63) is 93.1 Å². The van der Waals surface area contributed by atoms with E-state index in [2.05, 4.69) is 132 Å². The predicted octanol–water partition coefficient (Wildman–Crippen LogP) is 13.2. The van der Waals surface area contributed by atoms with E-state index in [-0.39, 0.29) is 52.4 Å². The predicted molar refractivity (Wildman–Crippen MR) is 245 cm³/mol. The van der Waals surface area contributed by atoms with Gasteiger partial charge in [0.2, 0.25) is 11.8 Å². The fourth-order valence-corrected chi connectivity index (χ4v) is 9.39. The van der Waals surface area contributed by atoms with Crippen LogP contribution in [-0.2, 0) is 33.3 Å². The first kappa shape index (κ1) is 50.5. The van der Waals surface area contributed by atoms with Crippen LogP contribution >= 0.6 is 23.2 Å². The summed E-state index contributed by atoms with van der Waals surface area (Å²) in [5.74, 6) is -0.166. The number of unbranched alkanes of at least 4 members (excludes halogenated alkanes) is 1. The van der Waals surface area contributed by atoms with Gasteiger partial charge in [-0.15, -0.1) is 6.58 Å². The summed E-state index contributed by atoms with van der Waals surface area (Å²) in [5.41, 5.74) is 10.9. The highest BCUT2D eigenvalue weighted by Gasteiger charge is 2.45. The van der Waals surface area contributed by atoms with Crippen molar-refractivity contribution in [2.45, 2.75) is 171 Å². The zero-order valence-electron chi connectivity index (χ0n) is 38.0. The van der Waals surface area contributed by atoms with Crippen molar-refractivity contribution in [3.8, 4) is 0 Å². The fourth-order valence-electron chi connectivity index (χ4n) is 8.84. The van der Waals surface area contributed by atoms with E-state index in [4.69, 9.17) is 28.9 Å². The van der Waals surface area contributed by atoms with Crippen LogP contribution in [0.3, 0.4) is 0 Å². The fraction of sp³-hybridized carbons (Fsp3) is 0.640. The Hall–Kier alpha value is -2.60. The molecule has 0 saturated carbocycles. The van der Waals surface area contributed by atoms with E-state index >= 15 is 0 Å². The monoisotopic (exact) mass is 825 g/mol. The Kier molecular flexibility index (Phi) is 18.3. The molecule has 0 aromatic heterocycles. The van der Waals surface area contributed by atoms with Gasteiger partial charge in [-0.05, 0) is 112 Å². The summed E-state index contributed by atoms with van der Waals surface area (Å²) in [6.45, 7) is 33.2. The Morgan fingerprint density at radius 3 is 1.88 bits per heavy atom. The van der Waals surface area contributed by atoms with E-state index < -0.39 is 10.8 Å². The maximum atomic E-state index is 12.3. The lowest BCUT2D eigenvalue weighted by molar-refractivity contribution is -0.122. The summed E-state index contributed by atoms with van der Waals surface area (Å²) < 4.78 is 0. The van der Waals surface area contributed by atoms with Gasteiger partial charge in [-0.2, -0.15) is 0 Å². The van der Waals surface area contributed by atoms with Crippen LogP contribution in [0.5, 0.6) is 0 Å². The van der Waals surface area contributed by atoms with Gasteiger partial charge in [0.05, 0.1) is 0 Å². The molecular weight excluding hydrogens is 747 g/mol. The molecule has 57 heavy (non-hydrogen) atoms. The van der Waals surface area contributed by atoms with Crippen molar-refractivity contribution in [1.82, 2.24) is 5.32 Å². The Morgan fingerprint density at radius 1 is 0.877 bits per heavy atom. The zero-order chi connectivity index (χ0) is 43.6. The van der Waals surface area contributed by atoms with Gasteiger partial charge in [-0.1, -0.05) is 156 Å². The van der Waals surface area contributed by atoms with Crippen molar-refractivity contribution < 1.29 is 14.7 Å². The Balaban J connectivity index is 0.000000394. The maximum Gasteiger partial charge on any atom is 0.225 e. The van der Waals surface area contributed by atoms with E-state index in [1.165, 1.54) is 5.57 Å². The first-order chi connectivity index (χ1) is 26.2. The van der Waals surface area contributed by atoms with E-state index in [1.54, 1.807) is 0 Å². The van der Waals surface area contributed by atoms with Gasteiger partial charge in [-0.25, -0.2) is 0 Å². The number of rotatable bonds is 18. The second kappa shape index (κ2) is 20.6. The molecule has 3 rings (SSSR count). The molecule has 1 aliphatic rings. The van der Waals surface area contributed by atoms with Gasteiger partial charge in [0.25, 0.3) is 0 Å². The highest BCUT2D eigenvalue weighted by Crippen LogP contribution is 2.50. The normalized spacial score (nSPS) is 18.1. The van der Waals surface area contributed by atoms with Crippen molar-refractivity contribution in [2.75, 3.05) is 6.61 Å². The highest BCUT2D eigenvalue weighted by molar-refractivity contribution is 6.31. The van der Waals surface area contributed by atoms with Crippen molar-refractivity contribution in [1.29, 1.82) is 0 Å². The molecule has 0 saturated heterocycles. The molecule has 4 N–H and O–H groups in total. The maximum absolute atomic E-state index is 12.3. The lowest BCUT2D eigenvalue weighted by Gasteiger charge is -2.45. The van der Waals surface area contributed by atoms with Crippen LogP contribution in [-0.4, -0.2) is 23.5 Å². The molecule has 0 radical (unpaired) electrons. The van der Waals surface area contributed by atoms with Crippen LogP contribution in [0.2, 0.25) is 10.0 Å². The number of allylic oxidation sites excluding steroid dienone is 2. The number of aryl methyl sites for hydroxylation is 2. The molecule has 2 amide bonds. The number of nitrogens with one attached hydrogen (secondary N) is 1. The largest absolute Gasteiger partial charge is 0.396 e. The first-order valence-corrected chi connectivity index (χ1v) is 22.0. The molecule has 2 aromatic rings. The number of hydrogen-bond acceptors (Lipinski definition) is 3. The van der Waals surface area contributed by atoms with Crippen LogP contribution in [0.1, 0.15) is 170 Å². The third kappa shape index (κ3) is 14.6. The highest BCUT2D eigenvalue weighted by atomic mass is 35.5. The summed E-state index contributed by atoms with van der Waals surface area (Å²) in [4.78, 5) is 24.3. The molecule has 0 spiro atoms. The first-order valence-electron chi connectivity index (χ1n) is 21.3. The van der Waals surface area contributed by atoms with Crippen molar-refractivity contribution in [2.24, 2.45) is 33.3 Å². The van der Waals surface area contributed by atoms with Gasteiger partial charge in [0, 0.05) is 46.5 Å². The zero-order valence-corrected chi connectivity index (χ0v) is 39.5. The van der Waals surface area contributed by atoms with Crippen molar-refractivity contribution >= 4 is 35.0 Å². The van der Waals surface area contributed by atoms with Crippen LogP contribution in [0.4, 0.5) is 0 Å². The standard InChI is InChI=1S/C26H42ClNO.C24H36ClNO2/c1-9-11-15-25(6,7)22(10-2)26(8,18-23(28)29)20-13-12-19(21(27)17-20)14-16-24(3,4)5;1-22(2,3)12-10-17-8-9-18(14-19(17)25)24(6)15-21(28)26-16-20(24)23(4,5)11-7-13-27/h10,12-13,17,22H,2,9,11,14-16,18H2,1,3-8H3,(H2,28,29);8-9,14,16,27H,7,10-13,15H2,1-6H3,(H,26,28). The average molecular weight is 826 g/mol. The van der Waals surface area contributed by atoms with Crippen LogP contribution in [0, 0.1) is 27.6 Å². The summed E-state index contributed by atoms with van der Waals surface area (Å²) in [5, 5.41) is 13.7. The molecule has 1 aliphatic heterocycles. The van der Waals surface area contributed by atoms with Gasteiger partial charge in [0.1, 0.15) is 0 Å². The summed E-state index contributed by atoms with van der Waals surface area (Å²) in [6.07, 6.45) is 13.6. The van der Waals surface area contributed by atoms with Crippen LogP contribution in [0.15, 0.2) is 60.8 Å². The average Bonchev–Trinajstić information content (AvgIpc) is 3.08. The minimum absolute atomic E-state index is 0.000652. The number of aliphatic hydroxyl groups excluding tert-OH is 1. The molecule has 0 fully saturated rings. The summed E-state index contributed by atoms with van der Waals surface area (Å²) in [7, 11) is 0. The van der Waals surface area contributed by atoms with Gasteiger partial charge >= 0.3 is 0 Å². The SMILES string of the molecule is C=CC(C(C)(C)CCCC)C(C)(CC(N)=O)c1ccc(CCC(C)(C)C)c(Cl)c1.CC(C)(C)CCc1ccc(C2(C)CC(=O)NC=C2C(C)(C)CCCO)cc1Cl. The summed E-state index contributed by atoms with van der Waals surface area (Å²) >= 11 is 13.4. The molecule has 320 valence electrons. The second-order valence-electron chi connectivity index (χ2n) is 20.9. The molecule has 3 unspecified atom stereocenters. The van der Waals surface area contributed by atoms with Gasteiger partial charge in [0.15, 0.2) is 0 Å². The topological polar surface area (TPSA) is 92.4 Å². The molecule has 3 atom stereocenters. The Morgan fingerprint density at radius 2 is 1.42 bits per heavy atom. The number of carbonyl (C=O) groups is 2. The van der Waals surface area contributed by atoms with Gasteiger partial charge < -0.3 is 16.2 Å². The molecule has 1 heterocycles. The quantitative estimate of drug-likeness (QED) is 0.131. The van der Waals surface area contributed by atoms with E-state index in [0.29, 0.717) is 6.42 Å². The minimum atomic E-state index is -0.447. The van der Waals surface area contributed by atoms with E-state index in [1.807, 2.05) is 18.3 Å². The number of amides is 2. The Bertz CT molecular complexity index is 1700. The van der Waals surface area contributed by atoms with Crippen LogP contribution in [0.25, 0.3) is 0 Å². The summed E-state index contributed by atoms with van der Waals surface area (Å²) in [6, 6.07) is 12.6. The molecule has 7 heteroatoms. The van der Waals surface area contributed by atoms with E-state index in [9.17, 15) is 14.7 Å². The molecular formula is C50H78Cl2N2O3. The number of halogens is 2. The third-order valence-corrected chi connectivity index (χ3v) is 13.1. The lowest BCUT2D eigenvalue weighted by Crippen LogP contribution is -2.43. The third-order valence-electron chi connectivity index (χ3n) is 12.3. The van der Waals surface area contributed by atoms with E-state index in [0.717, 1.165) is 90.1 Å². The lowest BCUT2D eigenvalue weighted by atomic mass is 9.58.